The average molecular weight is 474 g/mol. The van der Waals surface area contributed by atoms with Gasteiger partial charge in [-0.2, -0.15) is 12.7 Å². The summed E-state index contributed by atoms with van der Waals surface area (Å²) in [4.78, 5) is 14.9. The summed E-state index contributed by atoms with van der Waals surface area (Å²) in [5, 5.41) is 0. The van der Waals surface area contributed by atoms with Crippen LogP contribution >= 0.6 is 0 Å². The van der Waals surface area contributed by atoms with Crippen molar-refractivity contribution in [1.29, 1.82) is 0 Å². The molecule has 1 amide bonds. The fourth-order valence-electron chi connectivity index (χ4n) is 4.34. The van der Waals surface area contributed by atoms with Crippen LogP contribution in [0.5, 0.6) is 5.75 Å². The number of hydrogen-bond donors (Lipinski definition) is 1. The van der Waals surface area contributed by atoms with Crippen LogP contribution in [0.1, 0.15) is 34.3 Å². The van der Waals surface area contributed by atoms with Crippen molar-refractivity contribution < 1.29 is 22.7 Å². The predicted molar refractivity (Wildman–Crippen MR) is 127 cm³/mol. The molecule has 33 heavy (non-hydrogen) atoms. The van der Waals surface area contributed by atoms with E-state index in [9.17, 15) is 13.2 Å². The van der Waals surface area contributed by atoms with Gasteiger partial charge in [-0.15, -0.1) is 0 Å². The highest BCUT2D eigenvalue weighted by Gasteiger charge is 2.38. The molecule has 0 unspecified atom stereocenters. The summed E-state index contributed by atoms with van der Waals surface area (Å²) in [6.07, 6.45) is 1.10. The normalized spacial score (nSPS) is 21.4. The number of methoxy groups -OCH3 is 1. The van der Waals surface area contributed by atoms with Crippen LogP contribution in [-0.4, -0.2) is 69.0 Å². The van der Waals surface area contributed by atoms with Crippen LogP contribution in [0.25, 0.3) is 0 Å². The van der Waals surface area contributed by atoms with Crippen molar-refractivity contribution in [3.63, 3.8) is 0 Å². The second-order valence-corrected chi connectivity index (χ2v) is 10.4. The van der Waals surface area contributed by atoms with Crippen LogP contribution in [0.15, 0.2) is 42.5 Å². The Morgan fingerprint density at radius 3 is 2.48 bits per heavy atom. The summed E-state index contributed by atoms with van der Waals surface area (Å²) in [6.45, 7) is 5.78. The van der Waals surface area contributed by atoms with E-state index in [4.69, 9.17) is 9.47 Å². The first-order valence-electron chi connectivity index (χ1n) is 11.2. The molecular formula is C24H31N3O5S. The molecule has 4 rings (SSSR count). The maximum Gasteiger partial charge on any atom is 0.301 e. The highest BCUT2D eigenvalue weighted by molar-refractivity contribution is 7.90. The number of likely N-dealkylation sites (tertiary alicyclic amines) is 1. The topological polar surface area (TPSA) is 88.2 Å². The van der Waals surface area contributed by atoms with Crippen LogP contribution in [0.3, 0.4) is 0 Å². The molecule has 2 aliphatic rings. The van der Waals surface area contributed by atoms with E-state index in [-0.39, 0.29) is 18.1 Å². The second-order valence-electron chi connectivity index (χ2n) is 8.70. The largest absolute Gasteiger partial charge is 0.486 e. The van der Waals surface area contributed by atoms with E-state index in [1.165, 1.54) is 4.31 Å². The van der Waals surface area contributed by atoms with Gasteiger partial charge in [-0.25, -0.2) is 0 Å². The Bertz CT molecular complexity index is 1110. The first-order valence-corrected chi connectivity index (χ1v) is 12.6. The number of nitrogens with zero attached hydrogens (tertiary/aromatic N) is 2. The molecule has 0 aliphatic carbocycles. The lowest BCUT2D eigenvalue weighted by molar-refractivity contribution is 0.0340. The summed E-state index contributed by atoms with van der Waals surface area (Å²) < 4.78 is 41.0. The lowest BCUT2D eigenvalue weighted by Crippen LogP contribution is -2.33. The van der Waals surface area contributed by atoms with Gasteiger partial charge in [-0.3, -0.25) is 9.52 Å². The van der Waals surface area contributed by atoms with Gasteiger partial charge >= 0.3 is 10.2 Å². The van der Waals surface area contributed by atoms with Crippen LogP contribution in [0.2, 0.25) is 0 Å². The molecule has 2 fully saturated rings. The molecule has 9 heteroatoms. The molecule has 2 aromatic carbocycles. The van der Waals surface area contributed by atoms with E-state index in [2.05, 4.69) is 4.72 Å². The number of rotatable bonds is 7. The quantitative estimate of drug-likeness (QED) is 0.668. The fraction of sp³-hybridized carbons (Fsp3) is 0.458. The molecule has 1 N–H and O–H groups in total. The first kappa shape index (κ1) is 23.5. The number of aryl methyl sites for hydroxylation is 2. The highest BCUT2D eigenvalue weighted by atomic mass is 32.2. The second kappa shape index (κ2) is 9.70. The van der Waals surface area contributed by atoms with Crippen molar-refractivity contribution >= 4 is 21.8 Å². The van der Waals surface area contributed by atoms with Gasteiger partial charge in [0.05, 0.1) is 18.8 Å². The molecule has 0 spiro atoms. The molecular weight excluding hydrogens is 442 g/mol. The molecule has 2 aromatic rings. The molecule has 178 valence electrons. The molecule has 2 saturated heterocycles. The zero-order valence-corrected chi connectivity index (χ0v) is 20.1. The number of carbonyl (C=O) groups is 1. The summed E-state index contributed by atoms with van der Waals surface area (Å²) in [5.74, 6) is 0.473. The molecule has 0 radical (unpaired) electrons. The Morgan fingerprint density at radius 2 is 1.76 bits per heavy atom. The monoisotopic (exact) mass is 473 g/mol. The van der Waals surface area contributed by atoms with Crippen LogP contribution in [0.4, 0.5) is 5.69 Å². The summed E-state index contributed by atoms with van der Waals surface area (Å²) in [5.41, 5.74) is 3.09. The van der Waals surface area contributed by atoms with Crippen LogP contribution in [0, 0.1) is 13.8 Å². The van der Waals surface area contributed by atoms with Crippen LogP contribution < -0.4 is 9.46 Å². The van der Waals surface area contributed by atoms with Gasteiger partial charge in [-0.1, -0.05) is 23.8 Å². The van der Waals surface area contributed by atoms with Gasteiger partial charge in [0.2, 0.25) is 0 Å². The van der Waals surface area contributed by atoms with E-state index >= 15 is 0 Å². The third-order valence-corrected chi connectivity index (χ3v) is 7.74. The molecule has 2 heterocycles. The van der Waals surface area contributed by atoms with E-state index in [1.807, 2.05) is 32.0 Å². The van der Waals surface area contributed by atoms with E-state index in [1.54, 1.807) is 36.3 Å². The minimum Gasteiger partial charge on any atom is -0.486 e. The third-order valence-electron chi connectivity index (χ3n) is 6.20. The van der Waals surface area contributed by atoms with Crippen molar-refractivity contribution in [3.05, 3.63) is 59.2 Å². The molecule has 0 aromatic heterocycles. The average Bonchev–Trinajstić information content (AvgIpc) is 3.46. The number of ether oxygens (including phenoxy) is 2. The lowest BCUT2D eigenvalue weighted by atomic mass is 10.0. The van der Waals surface area contributed by atoms with Gasteiger partial charge in [0.15, 0.2) is 0 Å². The van der Waals surface area contributed by atoms with Gasteiger partial charge in [-0.05, 0) is 50.5 Å². The highest BCUT2D eigenvalue weighted by Crippen LogP contribution is 2.26. The SMILES string of the molecule is CO[C@@H]1CN(C(=O)c2cc(C)ccc2C)C[C@H]1Oc1cccc(NS(=O)(=O)N2CCCC2)c1. The molecule has 2 aliphatic heterocycles. The first-order chi connectivity index (χ1) is 15.8. The van der Waals surface area contributed by atoms with Crippen LogP contribution in [-0.2, 0) is 14.9 Å². The molecule has 0 bridgehead atoms. The molecule has 2 atom stereocenters. The fourth-order valence-corrected chi connectivity index (χ4v) is 5.63. The summed E-state index contributed by atoms with van der Waals surface area (Å²) >= 11 is 0. The minimum atomic E-state index is -3.58. The number of benzene rings is 2. The van der Waals surface area contributed by atoms with Crippen molar-refractivity contribution in [1.82, 2.24) is 9.21 Å². The number of nitrogens with one attached hydrogen (secondary N) is 1. The van der Waals surface area contributed by atoms with E-state index < -0.39 is 10.2 Å². The van der Waals surface area contributed by atoms with E-state index in [0.717, 1.165) is 24.0 Å². The van der Waals surface area contributed by atoms with Gasteiger partial charge in [0.1, 0.15) is 18.0 Å². The minimum absolute atomic E-state index is 0.0449. The van der Waals surface area contributed by atoms with Crippen molar-refractivity contribution in [2.75, 3.05) is 38.0 Å². The predicted octanol–water partition coefficient (Wildman–Crippen LogP) is 2.97. The van der Waals surface area contributed by atoms with Gasteiger partial charge in [0, 0.05) is 31.8 Å². The maximum absolute atomic E-state index is 13.1. The van der Waals surface area contributed by atoms with E-state index in [0.29, 0.717) is 43.2 Å². The zero-order chi connectivity index (χ0) is 23.6. The number of anilines is 1. The Kier molecular flexibility index (Phi) is 6.92. The van der Waals surface area contributed by atoms with Crippen molar-refractivity contribution in [2.45, 2.75) is 38.9 Å². The molecule has 0 saturated carbocycles. The lowest BCUT2D eigenvalue weighted by Gasteiger charge is -2.20. The van der Waals surface area contributed by atoms with Crippen molar-refractivity contribution in [3.8, 4) is 5.75 Å². The maximum atomic E-state index is 13.1. The standard InChI is InChI=1S/C24H31N3O5S/c1-17-9-10-18(2)21(13-17)24(28)26-15-22(31-3)23(16-26)32-20-8-6-7-19(14-20)25-33(29,30)27-11-4-5-12-27/h6-10,13-14,22-23,25H,4-5,11-12,15-16H2,1-3H3/t22-,23-/m1/s1. The van der Waals surface area contributed by atoms with Gasteiger partial charge < -0.3 is 14.4 Å². The summed E-state index contributed by atoms with van der Waals surface area (Å²) in [7, 11) is -1.98. The van der Waals surface area contributed by atoms with Gasteiger partial charge in [0.25, 0.3) is 5.91 Å². The third kappa shape index (κ3) is 5.31. The number of carbonyl (C=O) groups excluding carboxylic acids is 1. The number of hydrogen-bond acceptors (Lipinski definition) is 5. The summed E-state index contributed by atoms with van der Waals surface area (Å²) in [6, 6.07) is 12.7. The van der Waals surface area contributed by atoms with Crippen molar-refractivity contribution in [2.24, 2.45) is 0 Å². The smallest absolute Gasteiger partial charge is 0.301 e. The number of amides is 1. The Hall–Kier alpha value is -2.62. The Labute approximate surface area is 195 Å². The zero-order valence-electron chi connectivity index (χ0n) is 19.3. The molecule has 8 nitrogen and oxygen atoms in total. The Balaban J connectivity index is 1.45. The Morgan fingerprint density at radius 1 is 1.03 bits per heavy atom.